The van der Waals surface area contributed by atoms with Gasteiger partial charge in [0.2, 0.25) is 0 Å². The quantitative estimate of drug-likeness (QED) is 0.512. The van der Waals surface area contributed by atoms with Gasteiger partial charge in [0.05, 0.1) is 0 Å². The van der Waals surface area contributed by atoms with Gasteiger partial charge < -0.3 is 15.4 Å². The normalized spacial score (nSPS) is 11.2. The molecule has 0 unspecified atom stereocenters. The van der Waals surface area contributed by atoms with E-state index >= 15 is 0 Å². The molecule has 0 radical (unpaired) electrons. The first-order valence-corrected chi connectivity index (χ1v) is 6.72. The topological polar surface area (TPSA) is 87.3 Å². The van der Waals surface area contributed by atoms with E-state index in [-0.39, 0.29) is 12.5 Å². The molecule has 1 heterocycles. The fourth-order valence-corrected chi connectivity index (χ4v) is 1.81. The van der Waals surface area contributed by atoms with Crippen molar-refractivity contribution in [2.75, 3.05) is 23.5 Å². The number of anilines is 2. The van der Waals surface area contributed by atoms with E-state index in [2.05, 4.69) is 34.1 Å². The Hall–Kier alpha value is -1.40. The Morgan fingerprint density at radius 1 is 1.32 bits per heavy atom. The van der Waals surface area contributed by atoms with E-state index < -0.39 is 0 Å². The molecule has 4 N–H and O–H groups in total. The third kappa shape index (κ3) is 4.33. The summed E-state index contributed by atoms with van der Waals surface area (Å²) in [5.74, 6) is 7.92. The lowest BCUT2D eigenvalue weighted by Crippen LogP contribution is -2.33. The smallest absolute Gasteiger partial charge is 0.145 e. The maximum absolute atomic E-state index is 9.00. The molecule has 0 saturated carbocycles. The summed E-state index contributed by atoms with van der Waals surface area (Å²) in [5, 5.41) is 9.00. The fourth-order valence-electron chi connectivity index (χ4n) is 1.81. The zero-order chi connectivity index (χ0) is 14.4. The van der Waals surface area contributed by atoms with Crippen molar-refractivity contribution < 1.29 is 5.11 Å². The lowest BCUT2D eigenvalue weighted by atomic mass is 10.2. The number of nitrogens with one attached hydrogen (secondary N) is 1. The molecule has 6 nitrogen and oxygen atoms in total. The van der Waals surface area contributed by atoms with Gasteiger partial charge in [-0.2, -0.15) is 0 Å². The molecule has 0 saturated heterocycles. The van der Waals surface area contributed by atoms with E-state index in [4.69, 9.17) is 10.9 Å². The van der Waals surface area contributed by atoms with Gasteiger partial charge in [0, 0.05) is 31.2 Å². The molecule has 0 bridgehead atoms. The number of nitrogens with zero attached hydrogens (tertiary/aromatic N) is 3. The summed E-state index contributed by atoms with van der Waals surface area (Å²) in [4.78, 5) is 11.1. The number of aromatic nitrogens is 2. The van der Waals surface area contributed by atoms with Gasteiger partial charge in [-0.25, -0.2) is 15.8 Å². The summed E-state index contributed by atoms with van der Waals surface area (Å²) in [6.07, 6.45) is 0.713. The largest absolute Gasteiger partial charge is 0.396 e. The van der Waals surface area contributed by atoms with Gasteiger partial charge in [0.15, 0.2) is 0 Å². The number of hydrazine groups is 1. The molecule has 0 amide bonds. The van der Waals surface area contributed by atoms with E-state index in [0.29, 0.717) is 18.3 Å². The van der Waals surface area contributed by atoms with Crippen LogP contribution in [0.1, 0.15) is 45.9 Å². The molecule has 1 rings (SSSR count). The average Bonchev–Trinajstić information content (AvgIpc) is 2.38. The van der Waals surface area contributed by atoms with Crippen LogP contribution in [-0.2, 0) is 0 Å². The zero-order valence-electron chi connectivity index (χ0n) is 12.2. The van der Waals surface area contributed by atoms with E-state index in [9.17, 15) is 0 Å². The molecule has 0 aliphatic heterocycles. The molecule has 108 valence electrons. The third-order valence-corrected chi connectivity index (χ3v) is 2.87. The van der Waals surface area contributed by atoms with E-state index in [0.717, 1.165) is 18.2 Å². The van der Waals surface area contributed by atoms with Gasteiger partial charge in [0.1, 0.15) is 17.5 Å². The Morgan fingerprint density at radius 2 is 2.00 bits per heavy atom. The number of aliphatic hydroxyl groups excluding tert-OH is 1. The molecule has 1 aromatic heterocycles. The molecular weight excluding hydrogens is 242 g/mol. The summed E-state index contributed by atoms with van der Waals surface area (Å²) in [7, 11) is 0. The number of nitrogens with two attached hydrogens (primary N) is 1. The SMILES string of the molecule is CC(C)c1nc(NN)cc(N(CCCO)C(C)C)n1. The maximum atomic E-state index is 9.00. The zero-order valence-corrected chi connectivity index (χ0v) is 12.2. The number of aliphatic hydroxyl groups is 1. The van der Waals surface area contributed by atoms with Crippen molar-refractivity contribution in [2.45, 2.75) is 46.1 Å². The van der Waals surface area contributed by atoms with Crippen molar-refractivity contribution in [1.29, 1.82) is 0 Å². The second kappa shape index (κ2) is 7.25. The van der Waals surface area contributed by atoms with Crippen molar-refractivity contribution in [2.24, 2.45) is 5.84 Å². The molecule has 19 heavy (non-hydrogen) atoms. The van der Waals surface area contributed by atoms with Crippen LogP contribution >= 0.6 is 0 Å². The van der Waals surface area contributed by atoms with Crippen LogP contribution in [0.5, 0.6) is 0 Å². The first kappa shape index (κ1) is 15.7. The third-order valence-electron chi connectivity index (χ3n) is 2.87. The van der Waals surface area contributed by atoms with Gasteiger partial charge in [0.25, 0.3) is 0 Å². The Labute approximate surface area is 115 Å². The van der Waals surface area contributed by atoms with E-state index in [1.54, 1.807) is 0 Å². The van der Waals surface area contributed by atoms with Gasteiger partial charge in [-0.15, -0.1) is 0 Å². The van der Waals surface area contributed by atoms with Crippen LogP contribution in [0, 0.1) is 0 Å². The fraction of sp³-hybridized carbons (Fsp3) is 0.692. The summed E-state index contributed by atoms with van der Waals surface area (Å²) >= 11 is 0. The second-order valence-electron chi connectivity index (χ2n) is 5.13. The monoisotopic (exact) mass is 267 g/mol. The lowest BCUT2D eigenvalue weighted by Gasteiger charge is -2.28. The molecular formula is C13H25N5O. The Balaban J connectivity index is 3.10. The van der Waals surface area contributed by atoms with Gasteiger partial charge >= 0.3 is 0 Å². The van der Waals surface area contributed by atoms with Crippen molar-refractivity contribution in [3.05, 3.63) is 11.9 Å². The van der Waals surface area contributed by atoms with Crippen LogP contribution in [0.15, 0.2) is 6.07 Å². The van der Waals surface area contributed by atoms with Crippen LogP contribution in [0.4, 0.5) is 11.6 Å². The van der Waals surface area contributed by atoms with Crippen LogP contribution in [-0.4, -0.2) is 34.3 Å². The maximum Gasteiger partial charge on any atom is 0.145 e. The average molecular weight is 267 g/mol. The van der Waals surface area contributed by atoms with Crippen LogP contribution in [0.3, 0.4) is 0 Å². The molecule has 1 aromatic rings. The number of nitrogen functional groups attached to an aromatic ring is 1. The summed E-state index contributed by atoms with van der Waals surface area (Å²) in [6, 6.07) is 2.13. The Bertz CT molecular complexity index is 395. The first-order valence-electron chi connectivity index (χ1n) is 6.72. The predicted molar refractivity (Wildman–Crippen MR) is 78.1 cm³/mol. The standard InChI is InChI=1S/C13H25N5O/c1-9(2)13-15-11(17-14)8-12(16-13)18(10(3)4)6-5-7-19/h8-10,19H,5-7,14H2,1-4H3,(H,15,16,17). The lowest BCUT2D eigenvalue weighted by molar-refractivity contribution is 0.288. The van der Waals surface area contributed by atoms with Crippen molar-refractivity contribution in [1.82, 2.24) is 9.97 Å². The van der Waals surface area contributed by atoms with Crippen molar-refractivity contribution in [3.63, 3.8) is 0 Å². The molecule has 0 aliphatic rings. The first-order chi connectivity index (χ1) is 8.99. The minimum Gasteiger partial charge on any atom is -0.396 e. The highest BCUT2D eigenvalue weighted by Crippen LogP contribution is 2.21. The van der Waals surface area contributed by atoms with Crippen LogP contribution in [0.25, 0.3) is 0 Å². The molecule has 0 aliphatic carbocycles. The number of hydrogen-bond acceptors (Lipinski definition) is 6. The van der Waals surface area contributed by atoms with Crippen LogP contribution in [0.2, 0.25) is 0 Å². The highest BCUT2D eigenvalue weighted by Gasteiger charge is 2.15. The molecule has 0 atom stereocenters. The minimum absolute atomic E-state index is 0.174. The van der Waals surface area contributed by atoms with E-state index in [1.165, 1.54) is 0 Å². The van der Waals surface area contributed by atoms with Gasteiger partial charge in [-0.05, 0) is 20.3 Å². The van der Waals surface area contributed by atoms with Gasteiger partial charge in [-0.3, -0.25) is 0 Å². The summed E-state index contributed by atoms with van der Waals surface area (Å²) < 4.78 is 0. The molecule has 0 fully saturated rings. The number of hydrogen-bond donors (Lipinski definition) is 3. The van der Waals surface area contributed by atoms with Gasteiger partial charge in [-0.1, -0.05) is 13.8 Å². The number of rotatable bonds is 7. The predicted octanol–water partition coefficient (Wildman–Crippen LogP) is 1.48. The van der Waals surface area contributed by atoms with Crippen molar-refractivity contribution >= 4 is 11.6 Å². The summed E-state index contributed by atoms with van der Waals surface area (Å²) in [5.41, 5.74) is 2.59. The Kier molecular flexibility index (Phi) is 5.98. The minimum atomic E-state index is 0.174. The Morgan fingerprint density at radius 3 is 2.47 bits per heavy atom. The molecule has 6 heteroatoms. The molecule has 0 aromatic carbocycles. The summed E-state index contributed by atoms with van der Waals surface area (Å²) in [6.45, 7) is 9.23. The van der Waals surface area contributed by atoms with E-state index in [1.807, 2.05) is 19.9 Å². The van der Waals surface area contributed by atoms with Crippen LogP contribution < -0.4 is 16.2 Å². The molecule has 0 spiro atoms. The van der Waals surface area contributed by atoms with Crippen molar-refractivity contribution in [3.8, 4) is 0 Å². The highest BCUT2D eigenvalue weighted by atomic mass is 16.3. The highest BCUT2D eigenvalue weighted by molar-refractivity contribution is 5.49. The second-order valence-corrected chi connectivity index (χ2v) is 5.13.